The van der Waals surface area contributed by atoms with Crippen molar-refractivity contribution in [2.45, 2.75) is 79.4 Å². The molecule has 198 valence electrons. The standard InChI is InChI=1S/C27H46N4O4/c1-7-8-13-29-27(35)22(18(4)5)15-25(33)23(28)14-20(17(2)3)16-30-26(34)21-11-9-10-12-24(21)31-19(6)32/h9-12,17-18,20,22-23,25,33H,7-8,13-16,28H2,1-6H3,(H,29,35)(H,30,34)(H,31,32)/t20-,22-,23+,25+/m1/s1. The normalized spacial score (nSPS) is 14.8. The molecule has 4 atom stereocenters. The van der Waals surface area contributed by atoms with Crippen LogP contribution in [0.1, 0.15) is 77.6 Å². The van der Waals surface area contributed by atoms with Gasteiger partial charge in [-0.2, -0.15) is 0 Å². The first-order chi connectivity index (χ1) is 16.5. The molecule has 0 heterocycles. The number of hydrogen-bond acceptors (Lipinski definition) is 5. The summed E-state index contributed by atoms with van der Waals surface area (Å²) in [6, 6.07) is 6.34. The Labute approximate surface area is 210 Å². The molecule has 0 saturated carbocycles. The van der Waals surface area contributed by atoms with Crippen molar-refractivity contribution < 1.29 is 19.5 Å². The van der Waals surface area contributed by atoms with Gasteiger partial charge in [-0.05, 0) is 49.1 Å². The molecular formula is C27H46N4O4. The molecule has 0 aromatic heterocycles. The minimum Gasteiger partial charge on any atom is -0.391 e. The van der Waals surface area contributed by atoms with E-state index in [4.69, 9.17) is 5.73 Å². The van der Waals surface area contributed by atoms with Gasteiger partial charge in [-0.1, -0.05) is 53.2 Å². The molecule has 0 saturated heterocycles. The number of unbranched alkanes of at least 4 members (excludes halogenated alkanes) is 1. The maximum atomic E-state index is 12.8. The predicted molar refractivity (Wildman–Crippen MR) is 141 cm³/mol. The second-order valence-corrected chi connectivity index (χ2v) is 10.1. The van der Waals surface area contributed by atoms with E-state index in [0.717, 1.165) is 12.8 Å². The van der Waals surface area contributed by atoms with Crippen LogP contribution in [0.4, 0.5) is 5.69 Å². The number of hydrogen-bond donors (Lipinski definition) is 5. The van der Waals surface area contributed by atoms with E-state index in [-0.39, 0.29) is 41.4 Å². The van der Waals surface area contributed by atoms with E-state index in [2.05, 4.69) is 36.7 Å². The first-order valence-corrected chi connectivity index (χ1v) is 12.8. The third kappa shape index (κ3) is 10.8. The number of benzene rings is 1. The number of aliphatic hydroxyl groups is 1. The first-order valence-electron chi connectivity index (χ1n) is 12.8. The Morgan fingerprint density at radius 1 is 1.00 bits per heavy atom. The van der Waals surface area contributed by atoms with Gasteiger partial charge in [-0.15, -0.1) is 0 Å². The summed E-state index contributed by atoms with van der Waals surface area (Å²) in [4.78, 5) is 36.9. The Kier molecular flexibility index (Phi) is 13.6. The lowest BCUT2D eigenvalue weighted by Gasteiger charge is -2.30. The lowest BCUT2D eigenvalue weighted by molar-refractivity contribution is -0.127. The van der Waals surface area contributed by atoms with Gasteiger partial charge in [0.15, 0.2) is 0 Å². The number of anilines is 1. The average Bonchev–Trinajstić information content (AvgIpc) is 2.79. The van der Waals surface area contributed by atoms with Crippen molar-refractivity contribution in [3.63, 3.8) is 0 Å². The molecular weight excluding hydrogens is 444 g/mol. The van der Waals surface area contributed by atoms with Crippen LogP contribution in [0.3, 0.4) is 0 Å². The number of carbonyl (C=O) groups excluding carboxylic acids is 3. The van der Waals surface area contributed by atoms with Crippen molar-refractivity contribution in [2.75, 3.05) is 18.4 Å². The lowest BCUT2D eigenvalue weighted by atomic mass is 9.83. The zero-order chi connectivity index (χ0) is 26.5. The van der Waals surface area contributed by atoms with E-state index in [1.165, 1.54) is 6.92 Å². The number of nitrogens with one attached hydrogen (secondary N) is 3. The van der Waals surface area contributed by atoms with Gasteiger partial charge in [0.05, 0.1) is 17.4 Å². The SMILES string of the molecule is CCCCNC(=O)[C@H](C[C@H](O)[C@@H](N)C[C@H](CNC(=O)c1ccccc1NC(C)=O)C(C)C)C(C)C. The van der Waals surface area contributed by atoms with Gasteiger partial charge < -0.3 is 26.8 Å². The lowest BCUT2D eigenvalue weighted by Crippen LogP contribution is -2.44. The van der Waals surface area contributed by atoms with Crippen molar-refractivity contribution in [1.29, 1.82) is 0 Å². The topological polar surface area (TPSA) is 134 Å². The molecule has 8 nitrogen and oxygen atoms in total. The maximum absolute atomic E-state index is 12.8. The molecule has 0 bridgehead atoms. The maximum Gasteiger partial charge on any atom is 0.253 e. The zero-order valence-electron chi connectivity index (χ0n) is 22.3. The van der Waals surface area contributed by atoms with E-state index in [1.807, 2.05) is 13.8 Å². The summed E-state index contributed by atoms with van der Waals surface area (Å²) >= 11 is 0. The third-order valence-corrected chi connectivity index (χ3v) is 6.49. The molecule has 8 heteroatoms. The van der Waals surface area contributed by atoms with Gasteiger partial charge in [-0.3, -0.25) is 14.4 Å². The van der Waals surface area contributed by atoms with Gasteiger partial charge in [0.25, 0.3) is 5.91 Å². The van der Waals surface area contributed by atoms with E-state index in [9.17, 15) is 19.5 Å². The second-order valence-electron chi connectivity index (χ2n) is 10.1. The number of para-hydroxylation sites is 1. The molecule has 0 fully saturated rings. The van der Waals surface area contributed by atoms with Crippen LogP contribution in [-0.2, 0) is 9.59 Å². The summed E-state index contributed by atoms with van der Waals surface area (Å²) in [5.41, 5.74) is 7.23. The predicted octanol–water partition coefficient (Wildman–Crippen LogP) is 3.30. The number of amides is 3. The monoisotopic (exact) mass is 490 g/mol. The van der Waals surface area contributed by atoms with Gasteiger partial charge in [-0.25, -0.2) is 0 Å². The van der Waals surface area contributed by atoms with Crippen LogP contribution in [0.25, 0.3) is 0 Å². The molecule has 0 aliphatic heterocycles. The summed E-state index contributed by atoms with van der Waals surface area (Å²) in [5, 5.41) is 19.4. The van der Waals surface area contributed by atoms with Crippen molar-refractivity contribution in [1.82, 2.24) is 10.6 Å². The highest BCUT2D eigenvalue weighted by Gasteiger charge is 2.29. The molecule has 0 unspecified atom stereocenters. The molecule has 0 aliphatic rings. The molecule has 1 aromatic carbocycles. The van der Waals surface area contributed by atoms with Crippen molar-refractivity contribution in [2.24, 2.45) is 29.4 Å². The van der Waals surface area contributed by atoms with Crippen LogP contribution in [0.15, 0.2) is 24.3 Å². The van der Waals surface area contributed by atoms with Crippen LogP contribution < -0.4 is 21.7 Å². The Hall–Kier alpha value is -2.45. The quantitative estimate of drug-likeness (QED) is 0.241. The summed E-state index contributed by atoms with van der Waals surface area (Å²) in [6.07, 6.45) is 1.92. The van der Waals surface area contributed by atoms with E-state index in [0.29, 0.717) is 37.2 Å². The summed E-state index contributed by atoms with van der Waals surface area (Å²) in [7, 11) is 0. The van der Waals surface area contributed by atoms with Crippen LogP contribution in [0.5, 0.6) is 0 Å². The fraction of sp³-hybridized carbons (Fsp3) is 0.667. The number of nitrogens with two attached hydrogens (primary N) is 1. The molecule has 0 radical (unpaired) electrons. The molecule has 3 amide bonds. The molecule has 1 aromatic rings. The molecule has 35 heavy (non-hydrogen) atoms. The highest BCUT2D eigenvalue weighted by molar-refractivity contribution is 6.03. The van der Waals surface area contributed by atoms with E-state index in [1.54, 1.807) is 24.3 Å². The van der Waals surface area contributed by atoms with E-state index >= 15 is 0 Å². The minimum absolute atomic E-state index is 0.0346. The van der Waals surface area contributed by atoms with Crippen LogP contribution >= 0.6 is 0 Å². The Balaban J connectivity index is 2.75. The third-order valence-electron chi connectivity index (χ3n) is 6.49. The van der Waals surface area contributed by atoms with Crippen molar-refractivity contribution in [3.8, 4) is 0 Å². The van der Waals surface area contributed by atoms with Crippen molar-refractivity contribution >= 4 is 23.4 Å². The minimum atomic E-state index is -0.822. The largest absolute Gasteiger partial charge is 0.391 e. The van der Waals surface area contributed by atoms with Crippen LogP contribution in [-0.4, -0.2) is 48.1 Å². The highest BCUT2D eigenvalue weighted by Crippen LogP contribution is 2.23. The van der Waals surface area contributed by atoms with Gasteiger partial charge >= 0.3 is 0 Å². The summed E-state index contributed by atoms with van der Waals surface area (Å²) in [6.45, 7) is 12.6. The fourth-order valence-electron chi connectivity index (χ4n) is 4.03. The average molecular weight is 491 g/mol. The molecule has 1 rings (SSSR count). The summed E-state index contributed by atoms with van der Waals surface area (Å²) in [5.74, 6) is -0.533. The smallest absolute Gasteiger partial charge is 0.253 e. The first kappa shape index (κ1) is 30.6. The fourth-order valence-corrected chi connectivity index (χ4v) is 4.03. The Bertz CT molecular complexity index is 812. The Morgan fingerprint density at radius 3 is 2.23 bits per heavy atom. The number of carbonyl (C=O) groups is 3. The van der Waals surface area contributed by atoms with E-state index < -0.39 is 12.1 Å². The van der Waals surface area contributed by atoms with Gasteiger partial charge in [0, 0.05) is 32.0 Å². The van der Waals surface area contributed by atoms with Crippen LogP contribution in [0.2, 0.25) is 0 Å². The molecule has 0 spiro atoms. The molecule has 6 N–H and O–H groups in total. The number of aliphatic hydroxyl groups excluding tert-OH is 1. The second kappa shape index (κ2) is 15.5. The number of rotatable bonds is 15. The summed E-state index contributed by atoms with van der Waals surface area (Å²) < 4.78 is 0. The Morgan fingerprint density at radius 2 is 1.66 bits per heavy atom. The van der Waals surface area contributed by atoms with Gasteiger partial charge in [0.2, 0.25) is 11.8 Å². The zero-order valence-corrected chi connectivity index (χ0v) is 22.3. The van der Waals surface area contributed by atoms with Gasteiger partial charge in [0.1, 0.15) is 0 Å². The van der Waals surface area contributed by atoms with Crippen LogP contribution in [0, 0.1) is 23.7 Å². The highest BCUT2D eigenvalue weighted by atomic mass is 16.3. The molecule has 0 aliphatic carbocycles. The van der Waals surface area contributed by atoms with Crippen molar-refractivity contribution in [3.05, 3.63) is 29.8 Å².